The van der Waals surface area contributed by atoms with Crippen LogP contribution in [0.1, 0.15) is 19.3 Å². The van der Waals surface area contributed by atoms with Gasteiger partial charge in [0, 0.05) is 22.0 Å². The number of nitrogens with zero attached hydrogens (tertiary/aromatic N) is 4. The molecular weight excluding hydrogens is 456 g/mol. The number of nitrogen functional groups attached to an aromatic ring is 1. The number of fused-ring (bicyclic) bond motifs is 2. The highest BCUT2D eigenvalue weighted by Crippen LogP contribution is 2.42. The van der Waals surface area contributed by atoms with Crippen LogP contribution in [-0.4, -0.2) is 38.8 Å². The Morgan fingerprint density at radius 1 is 1.21 bits per heavy atom. The molecule has 3 heterocycles. The molecule has 4 N–H and O–H groups in total. The van der Waals surface area contributed by atoms with Gasteiger partial charge in [0.05, 0.1) is 0 Å². The largest absolute Gasteiger partial charge is 0.486 e. The molecule has 2 aliphatic rings. The molecule has 1 saturated carbocycles. The third-order valence-electron chi connectivity index (χ3n) is 5.24. The lowest BCUT2D eigenvalue weighted by Crippen LogP contribution is -2.24. The van der Waals surface area contributed by atoms with Crippen molar-refractivity contribution in [2.75, 3.05) is 18.9 Å². The monoisotopic (exact) mass is 476 g/mol. The van der Waals surface area contributed by atoms with E-state index in [1.165, 1.54) is 30.9 Å². The lowest BCUT2D eigenvalue weighted by atomic mass is 10.1. The summed E-state index contributed by atoms with van der Waals surface area (Å²) in [6, 6.07) is 4.10. The molecule has 3 aromatic rings. The maximum atomic E-state index is 6.34. The van der Waals surface area contributed by atoms with Crippen LogP contribution in [0.3, 0.4) is 0 Å². The molecule has 0 amide bonds. The van der Waals surface area contributed by atoms with Gasteiger partial charge in [0.2, 0.25) is 0 Å². The normalized spacial score (nSPS) is 16.9. The Kier molecular flexibility index (Phi) is 5.00. The van der Waals surface area contributed by atoms with E-state index >= 15 is 0 Å². The fourth-order valence-electron chi connectivity index (χ4n) is 3.47. The Balaban J connectivity index is 1.50. The number of aryl methyl sites for hydroxylation is 1. The summed E-state index contributed by atoms with van der Waals surface area (Å²) < 4.78 is 14.4. The van der Waals surface area contributed by atoms with Gasteiger partial charge in [-0.25, -0.2) is 15.0 Å². The van der Waals surface area contributed by atoms with Gasteiger partial charge in [-0.05, 0) is 53.2 Å². The summed E-state index contributed by atoms with van der Waals surface area (Å²) in [4.78, 5) is 14.2. The predicted octanol–water partition coefficient (Wildman–Crippen LogP) is 3.22. The van der Waals surface area contributed by atoms with Crippen molar-refractivity contribution in [1.29, 1.82) is 0 Å². The van der Waals surface area contributed by atoms with Gasteiger partial charge < -0.3 is 25.5 Å². The van der Waals surface area contributed by atoms with Crippen LogP contribution >= 0.6 is 27.7 Å². The standard InChI is InChI=1S/C19H21BrN6O2S/c20-11-7-13-14(28-6-5-27-13)8-15(11)29-19-25-16-17(22)23-9-24-18(16)26(19)4-3-12(21)10-1-2-10/h7-10,12H,1-6,21H2,(H2,22,23,24). The van der Waals surface area contributed by atoms with Gasteiger partial charge >= 0.3 is 0 Å². The molecule has 0 bridgehead atoms. The van der Waals surface area contributed by atoms with E-state index in [-0.39, 0.29) is 6.04 Å². The van der Waals surface area contributed by atoms with Crippen LogP contribution < -0.4 is 20.9 Å². The minimum Gasteiger partial charge on any atom is -0.486 e. The Morgan fingerprint density at radius 3 is 2.72 bits per heavy atom. The molecule has 1 fully saturated rings. The molecule has 1 unspecified atom stereocenters. The van der Waals surface area contributed by atoms with E-state index < -0.39 is 0 Å². The summed E-state index contributed by atoms with van der Waals surface area (Å²) in [6.45, 7) is 1.83. The molecule has 0 saturated heterocycles. The molecular formula is C19H21BrN6O2S. The first-order valence-electron chi connectivity index (χ1n) is 9.59. The van der Waals surface area contributed by atoms with Gasteiger partial charge in [0.1, 0.15) is 19.5 Å². The lowest BCUT2D eigenvalue weighted by molar-refractivity contribution is 0.171. The van der Waals surface area contributed by atoms with E-state index in [2.05, 4.69) is 30.5 Å². The molecule has 29 heavy (non-hydrogen) atoms. The van der Waals surface area contributed by atoms with Crippen LogP contribution in [0.4, 0.5) is 5.82 Å². The van der Waals surface area contributed by atoms with E-state index in [9.17, 15) is 0 Å². The van der Waals surface area contributed by atoms with Crippen molar-refractivity contribution in [2.24, 2.45) is 11.7 Å². The Labute approximate surface area is 180 Å². The van der Waals surface area contributed by atoms with E-state index in [0.29, 0.717) is 30.5 Å². The molecule has 0 spiro atoms. The topological polar surface area (TPSA) is 114 Å². The highest BCUT2D eigenvalue weighted by molar-refractivity contribution is 9.10. The van der Waals surface area contributed by atoms with Crippen molar-refractivity contribution in [3.05, 3.63) is 22.9 Å². The second-order valence-corrected chi connectivity index (χ2v) is 9.16. The molecule has 2 aromatic heterocycles. The van der Waals surface area contributed by atoms with Crippen LogP contribution in [0.5, 0.6) is 11.5 Å². The average molecular weight is 477 g/mol. The van der Waals surface area contributed by atoms with Gasteiger partial charge in [0.25, 0.3) is 0 Å². The number of aromatic nitrogens is 4. The quantitative estimate of drug-likeness (QED) is 0.557. The van der Waals surface area contributed by atoms with E-state index in [0.717, 1.165) is 44.6 Å². The third-order valence-corrected chi connectivity index (χ3v) is 7.21. The number of benzene rings is 1. The van der Waals surface area contributed by atoms with E-state index in [1.54, 1.807) is 0 Å². The minimum atomic E-state index is 0.200. The first-order chi connectivity index (χ1) is 14.1. The zero-order valence-corrected chi connectivity index (χ0v) is 18.1. The molecule has 10 heteroatoms. The molecule has 8 nitrogen and oxygen atoms in total. The summed E-state index contributed by atoms with van der Waals surface area (Å²) in [6.07, 6.45) is 4.81. The number of ether oxygens (including phenoxy) is 2. The van der Waals surface area contributed by atoms with Crippen molar-refractivity contribution in [2.45, 2.75) is 41.9 Å². The number of nitrogens with two attached hydrogens (primary N) is 2. The summed E-state index contributed by atoms with van der Waals surface area (Å²) in [5.74, 6) is 2.50. The maximum absolute atomic E-state index is 6.34. The van der Waals surface area contributed by atoms with E-state index in [1.807, 2.05) is 12.1 Å². The maximum Gasteiger partial charge on any atom is 0.175 e. The molecule has 152 valence electrons. The smallest absolute Gasteiger partial charge is 0.175 e. The number of hydrogen-bond acceptors (Lipinski definition) is 8. The van der Waals surface area contributed by atoms with Crippen LogP contribution in [0.25, 0.3) is 11.2 Å². The Hall–Kier alpha value is -2.04. The molecule has 1 aliphatic carbocycles. The third kappa shape index (κ3) is 3.76. The number of imidazole rings is 1. The summed E-state index contributed by atoms with van der Waals surface area (Å²) in [7, 11) is 0. The Bertz CT molecular complexity index is 1070. The van der Waals surface area contributed by atoms with Crippen molar-refractivity contribution < 1.29 is 9.47 Å². The van der Waals surface area contributed by atoms with Gasteiger partial charge in [-0.3, -0.25) is 0 Å². The zero-order chi connectivity index (χ0) is 20.0. The minimum absolute atomic E-state index is 0.200. The second kappa shape index (κ2) is 7.66. The van der Waals surface area contributed by atoms with Crippen LogP contribution in [0, 0.1) is 5.92 Å². The average Bonchev–Trinajstić information content (AvgIpc) is 3.50. The SMILES string of the molecule is Nc1ncnc2c1nc(Sc1cc3c(cc1Br)OCCO3)n2CCC(N)C1CC1. The Morgan fingerprint density at radius 2 is 1.97 bits per heavy atom. The first-order valence-corrected chi connectivity index (χ1v) is 11.2. The van der Waals surface area contributed by atoms with Gasteiger partial charge in [-0.1, -0.05) is 11.8 Å². The van der Waals surface area contributed by atoms with Crippen molar-refractivity contribution in [3.63, 3.8) is 0 Å². The molecule has 1 aliphatic heterocycles. The molecule has 1 atom stereocenters. The summed E-state index contributed by atoms with van der Waals surface area (Å²) in [5, 5.41) is 0.799. The van der Waals surface area contributed by atoms with Crippen molar-refractivity contribution in [3.8, 4) is 11.5 Å². The molecule has 1 aromatic carbocycles. The zero-order valence-electron chi connectivity index (χ0n) is 15.7. The second-order valence-electron chi connectivity index (χ2n) is 7.30. The highest BCUT2D eigenvalue weighted by Gasteiger charge is 2.28. The number of halogens is 1. The van der Waals surface area contributed by atoms with Crippen LogP contribution in [0.2, 0.25) is 0 Å². The van der Waals surface area contributed by atoms with Crippen LogP contribution in [0.15, 0.2) is 33.0 Å². The fraction of sp³-hybridized carbons (Fsp3) is 0.421. The number of hydrogen-bond donors (Lipinski definition) is 2. The van der Waals surface area contributed by atoms with Crippen molar-refractivity contribution in [1.82, 2.24) is 19.5 Å². The van der Waals surface area contributed by atoms with Gasteiger partial charge in [-0.2, -0.15) is 0 Å². The summed E-state index contributed by atoms with van der Waals surface area (Å²) >= 11 is 5.17. The van der Waals surface area contributed by atoms with Crippen LogP contribution in [-0.2, 0) is 6.54 Å². The number of rotatable bonds is 6. The molecule has 5 rings (SSSR count). The predicted molar refractivity (Wildman–Crippen MR) is 114 cm³/mol. The lowest BCUT2D eigenvalue weighted by Gasteiger charge is -2.19. The first kappa shape index (κ1) is 19.0. The molecule has 0 radical (unpaired) electrons. The highest BCUT2D eigenvalue weighted by atomic mass is 79.9. The fourth-order valence-corrected chi connectivity index (χ4v) is 4.98. The van der Waals surface area contributed by atoms with Gasteiger partial charge in [0.15, 0.2) is 33.6 Å². The summed E-state index contributed by atoms with van der Waals surface area (Å²) in [5.41, 5.74) is 13.7. The van der Waals surface area contributed by atoms with Crippen molar-refractivity contribution >= 4 is 44.7 Å². The number of anilines is 1. The van der Waals surface area contributed by atoms with E-state index in [4.69, 9.17) is 25.9 Å². The van der Waals surface area contributed by atoms with Gasteiger partial charge in [-0.15, -0.1) is 0 Å².